The molecule has 0 aromatic rings. The first-order valence-corrected chi connectivity index (χ1v) is 0.901. The number of hydrogen-bond donors (Lipinski definition) is 0. The number of carbonyl (C=O) groups excluding carboxylic acids is 1. The van der Waals surface area contributed by atoms with Gasteiger partial charge in [0.1, 0.15) is 0 Å². The summed E-state index contributed by atoms with van der Waals surface area (Å²) in [4.78, 5) is 8.93. The van der Waals surface area contributed by atoms with Crippen LogP contribution >= 0.6 is 0 Å². The van der Waals surface area contributed by atoms with Gasteiger partial charge in [0, 0.05) is 58.8 Å². The van der Waals surface area contributed by atoms with Crippen molar-refractivity contribution in [1.29, 1.82) is 0 Å². The molecular formula is C3H3CrMoORe-. The molecule has 0 unspecified atom stereocenters. The molecule has 0 bridgehead atoms. The monoisotopic (exact) mass is 392 g/mol. The standard InChI is InChI=1S/C3H3O.Cr.Mo.Re/c1-2-3-4;;;/h2H,1H2;;;/q-1;;;. The van der Waals surface area contributed by atoms with Crippen LogP contribution in [0.4, 0.5) is 0 Å². The van der Waals surface area contributed by atoms with Gasteiger partial charge in [-0.1, -0.05) is 0 Å². The van der Waals surface area contributed by atoms with Crippen molar-refractivity contribution in [2.45, 2.75) is 0 Å². The molecule has 0 aliphatic carbocycles. The molecule has 0 aromatic heterocycles. The average Bonchev–Trinajstić information content (AvgIpc) is 1.37. The number of rotatable bonds is 1. The molecule has 0 saturated heterocycles. The molecule has 4 heteroatoms. The van der Waals surface area contributed by atoms with E-state index in [0.717, 1.165) is 6.08 Å². The fraction of sp³-hybridized carbons (Fsp3) is 0. The van der Waals surface area contributed by atoms with Crippen molar-refractivity contribution in [2.75, 3.05) is 0 Å². The smallest absolute Gasteiger partial charge is 0 e. The molecule has 1 radical (unpaired) electrons. The van der Waals surface area contributed by atoms with Crippen LogP contribution in [0, 0.1) is 0 Å². The first kappa shape index (κ1) is 23.9. The van der Waals surface area contributed by atoms with Crippen molar-refractivity contribution in [3.63, 3.8) is 0 Å². The van der Waals surface area contributed by atoms with Gasteiger partial charge in [0.15, 0.2) is 0 Å². The van der Waals surface area contributed by atoms with Crippen LogP contribution in [-0.2, 0) is 63.6 Å². The Morgan fingerprint density at radius 3 is 1.71 bits per heavy atom. The molecule has 0 fully saturated rings. The van der Waals surface area contributed by atoms with Gasteiger partial charge in [-0.3, -0.25) is 0 Å². The molecular weight excluding hydrogens is 386 g/mol. The summed E-state index contributed by atoms with van der Waals surface area (Å²) in [5.74, 6) is 0. The molecule has 0 N–H and O–H groups in total. The van der Waals surface area contributed by atoms with Crippen LogP contribution < -0.4 is 0 Å². The van der Waals surface area contributed by atoms with E-state index in [0.29, 0.717) is 0 Å². The third-order valence-corrected chi connectivity index (χ3v) is 0.0833. The van der Waals surface area contributed by atoms with Gasteiger partial charge in [0.2, 0.25) is 0 Å². The third kappa shape index (κ3) is 38.9. The second-order valence-electron chi connectivity index (χ2n) is 0.322. The second kappa shape index (κ2) is 26.6. The minimum atomic E-state index is 0. The number of hydrogen-bond acceptors (Lipinski definition) is 1. The minimum absolute atomic E-state index is 0. The van der Waals surface area contributed by atoms with Gasteiger partial charge >= 0.3 is 0 Å². The molecule has 0 amide bonds. The van der Waals surface area contributed by atoms with Crippen molar-refractivity contribution in [2.24, 2.45) is 0 Å². The molecule has 41 valence electrons. The molecule has 0 spiro atoms. The summed E-state index contributed by atoms with van der Waals surface area (Å²) in [6.07, 6.45) is 2.51. The summed E-state index contributed by atoms with van der Waals surface area (Å²) < 4.78 is 0. The fourth-order valence-corrected chi connectivity index (χ4v) is 0. The fourth-order valence-electron chi connectivity index (χ4n) is 0. The van der Waals surface area contributed by atoms with Crippen molar-refractivity contribution < 1.29 is 63.6 Å². The predicted octanol–water partition coefficient (Wildman–Crippen LogP) is 0.275. The largest absolute Gasteiger partial charge is 0.419 e. The van der Waals surface area contributed by atoms with Crippen LogP contribution in [-0.4, -0.2) is 6.29 Å². The maximum Gasteiger partial charge on any atom is 0 e. The molecule has 0 heterocycles. The van der Waals surface area contributed by atoms with Crippen LogP contribution in [0.2, 0.25) is 0 Å². The zero-order chi connectivity index (χ0) is 3.41. The minimum Gasteiger partial charge on any atom is -0.419 e. The van der Waals surface area contributed by atoms with Gasteiger partial charge in [0.25, 0.3) is 0 Å². The Morgan fingerprint density at radius 2 is 1.71 bits per heavy atom. The van der Waals surface area contributed by atoms with E-state index in [1.54, 1.807) is 0 Å². The zero-order valence-electron chi connectivity index (χ0n) is 3.39. The summed E-state index contributed by atoms with van der Waals surface area (Å²) in [6.45, 7) is 3.06. The van der Waals surface area contributed by atoms with Gasteiger partial charge in [0.05, 0.1) is 0 Å². The third-order valence-electron chi connectivity index (χ3n) is 0.0833. The summed E-state index contributed by atoms with van der Waals surface area (Å²) in [5, 5.41) is 0. The Bertz CT molecular complexity index is 35.9. The van der Waals surface area contributed by atoms with Crippen LogP contribution in [0.15, 0.2) is 12.7 Å². The Hall–Kier alpha value is 1.29. The molecule has 0 atom stereocenters. The van der Waals surface area contributed by atoms with Gasteiger partial charge in [-0.25, -0.2) is 12.7 Å². The molecule has 0 aliphatic heterocycles. The van der Waals surface area contributed by atoms with E-state index in [4.69, 9.17) is 4.79 Å². The molecule has 7 heavy (non-hydrogen) atoms. The Balaban J connectivity index is -0.0000000150. The zero-order valence-corrected chi connectivity index (χ0v) is 9.38. The molecule has 1 nitrogen and oxygen atoms in total. The van der Waals surface area contributed by atoms with E-state index in [1.165, 1.54) is 6.29 Å². The molecule has 0 aliphatic rings. The normalized spacial score (nSPS) is 2.86. The predicted molar refractivity (Wildman–Crippen MR) is 15.9 cm³/mol. The van der Waals surface area contributed by atoms with Crippen LogP contribution in [0.5, 0.6) is 0 Å². The Kier molecular flexibility index (Phi) is 91.1. The van der Waals surface area contributed by atoms with Gasteiger partial charge in [-0.2, -0.15) is 0 Å². The van der Waals surface area contributed by atoms with E-state index in [2.05, 4.69) is 6.58 Å². The molecule has 0 rings (SSSR count). The average molecular weight is 389 g/mol. The number of allylic oxidation sites excluding steroid dienone is 1. The van der Waals surface area contributed by atoms with E-state index in [-0.39, 0.29) is 58.8 Å². The van der Waals surface area contributed by atoms with Crippen molar-refractivity contribution in [3.8, 4) is 0 Å². The molecule has 0 saturated carbocycles. The van der Waals surface area contributed by atoms with E-state index < -0.39 is 0 Å². The Labute approximate surface area is 82.0 Å². The van der Waals surface area contributed by atoms with Crippen LogP contribution in [0.1, 0.15) is 0 Å². The summed E-state index contributed by atoms with van der Waals surface area (Å²) in [7, 11) is 0. The SMILES string of the molecule is C=C[C-]=O.[Cr].[Mo].[Re]. The summed E-state index contributed by atoms with van der Waals surface area (Å²) in [5.41, 5.74) is 0. The van der Waals surface area contributed by atoms with Gasteiger partial charge in [-0.05, 0) is 6.29 Å². The maximum absolute atomic E-state index is 8.93. The topological polar surface area (TPSA) is 17.1 Å². The Morgan fingerprint density at radius 1 is 1.57 bits per heavy atom. The summed E-state index contributed by atoms with van der Waals surface area (Å²) in [6, 6.07) is 0. The second-order valence-corrected chi connectivity index (χ2v) is 0.322. The molecule has 0 aromatic carbocycles. The van der Waals surface area contributed by atoms with Crippen molar-refractivity contribution >= 4 is 6.29 Å². The van der Waals surface area contributed by atoms with Crippen LogP contribution in [0.3, 0.4) is 0 Å². The van der Waals surface area contributed by atoms with E-state index in [9.17, 15) is 0 Å². The summed E-state index contributed by atoms with van der Waals surface area (Å²) >= 11 is 0. The maximum atomic E-state index is 8.93. The van der Waals surface area contributed by atoms with E-state index >= 15 is 0 Å². The van der Waals surface area contributed by atoms with Gasteiger partial charge < -0.3 is 4.79 Å². The first-order chi connectivity index (χ1) is 1.91. The van der Waals surface area contributed by atoms with Crippen molar-refractivity contribution in [1.82, 2.24) is 0 Å². The van der Waals surface area contributed by atoms with Crippen LogP contribution in [0.25, 0.3) is 0 Å². The quantitative estimate of drug-likeness (QED) is 0.358. The first-order valence-electron chi connectivity index (χ1n) is 0.901. The van der Waals surface area contributed by atoms with Gasteiger partial charge in [-0.15, -0.1) is 0 Å². The van der Waals surface area contributed by atoms with Crippen molar-refractivity contribution in [3.05, 3.63) is 12.7 Å². The van der Waals surface area contributed by atoms with E-state index in [1.807, 2.05) is 0 Å².